The van der Waals surface area contributed by atoms with E-state index in [0.717, 1.165) is 18.6 Å². The van der Waals surface area contributed by atoms with E-state index in [1.54, 1.807) is 11.7 Å². The van der Waals surface area contributed by atoms with Crippen molar-refractivity contribution in [3.8, 4) is 11.4 Å². The molecule has 0 aliphatic carbocycles. The lowest BCUT2D eigenvalue weighted by atomic mass is 10.2. The van der Waals surface area contributed by atoms with Crippen molar-refractivity contribution in [3.05, 3.63) is 63.7 Å². The maximum Gasteiger partial charge on any atom is 0.267 e. The van der Waals surface area contributed by atoms with Crippen LogP contribution in [-0.2, 0) is 6.67 Å². The SMILES string of the molecule is COc1cccc(-n2c(=O)c3ccccc3n3c(=S)n(CN4CCCC4)nc23)c1. The summed E-state index contributed by atoms with van der Waals surface area (Å²) >= 11 is 5.79. The van der Waals surface area contributed by atoms with Crippen LogP contribution < -0.4 is 10.3 Å². The highest BCUT2D eigenvalue weighted by atomic mass is 32.1. The Kier molecular flexibility index (Phi) is 4.44. The van der Waals surface area contributed by atoms with E-state index >= 15 is 0 Å². The number of fused-ring (bicyclic) bond motifs is 3. The molecule has 3 heterocycles. The minimum Gasteiger partial charge on any atom is -0.497 e. The first-order valence-corrected chi connectivity index (χ1v) is 10.1. The van der Waals surface area contributed by atoms with Gasteiger partial charge in [-0.1, -0.05) is 18.2 Å². The Morgan fingerprint density at radius 1 is 1.10 bits per heavy atom. The first-order chi connectivity index (χ1) is 14.2. The smallest absolute Gasteiger partial charge is 0.267 e. The van der Waals surface area contributed by atoms with Crippen molar-refractivity contribution in [2.75, 3.05) is 20.2 Å². The standard InChI is InChI=1S/C21H21N5O2S/c1-28-16-8-6-7-15(13-16)25-19(27)17-9-2-3-10-18(17)26-20(25)22-24(21(26)29)14-23-11-4-5-12-23/h2-3,6-10,13H,4-5,11-12,14H2,1H3. The second-order valence-electron chi connectivity index (χ2n) is 7.24. The Morgan fingerprint density at radius 3 is 2.69 bits per heavy atom. The lowest BCUT2D eigenvalue weighted by molar-refractivity contribution is 0.254. The molecule has 0 saturated carbocycles. The molecule has 0 amide bonds. The molecule has 0 unspecified atom stereocenters. The minimum atomic E-state index is -0.130. The predicted molar refractivity (Wildman–Crippen MR) is 114 cm³/mol. The number of hydrogen-bond donors (Lipinski definition) is 0. The molecule has 0 spiro atoms. The van der Waals surface area contributed by atoms with Crippen LogP contribution in [0.15, 0.2) is 53.3 Å². The molecule has 1 aliphatic heterocycles. The molecule has 2 aromatic heterocycles. The average molecular weight is 407 g/mol. The van der Waals surface area contributed by atoms with E-state index in [4.69, 9.17) is 22.1 Å². The van der Waals surface area contributed by atoms with Gasteiger partial charge in [0.05, 0.1) is 30.4 Å². The third-order valence-corrected chi connectivity index (χ3v) is 5.84. The van der Waals surface area contributed by atoms with Crippen molar-refractivity contribution in [2.45, 2.75) is 19.5 Å². The molecule has 2 aromatic carbocycles. The number of ether oxygens (including phenoxy) is 1. The van der Waals surface area contributed by atoms with E-state index in [0.29, 0.717) is 34.0 Å². The van der Waals surface area contributed by atoms with Crippen molar-refractivity contribution < 1.29 is 4.74 Å². The van der Waals surface area contributed by atoms with Crippen LogP contribution in [0.25, 0.3) is 22.4 Å². The number of hydrogen-bond acceptors (Lipinski definition) is 5. The Bertz CT molecular complexity index is 1330. The first-order valence-electron chi connectivity index (χ1n) is 9.67. The summed E-state index contributed by atoms with van der Waals surface area (Å²) in [5, 5.41) is 5.37. The fourth-order valence-corrected chi connectivity index (χ4v) is 4.28. The zero-order valence-corrected chi connectivity index (χ0v) is 16.9. The quantitative estimate of drug-likeness (QED) is 0.486. The Morgan fingerprint density at radius 2 is 1.90 bits per heavy atom. The van der Waals surface area contributed by atoms with E-state index in [1.807, 2.05) is 57.6 Å². The van der Waals surface area contributed by atoms with Crippen LogP contribution in [0.5, 0.6) is 5.75 Å². The van der Waals surface area contributed by atoms with Gasteiger partial charge in [0.1, 0.15) is 5.75 Å². The first kappa shape index (κ1) is 18.1. The maximum atomic E-state index is 13.4. The number of likely N-dealkylation sites (tertiary alicyclic amines) is 1. The Hall–Kier alpha value is -2.97. The Labute approximate surface area is 172 Å². The van der Waals surface area contributed by atoms with Crippen LogP contribution in [0.3, 0.4) is 0 Å². The average Bonchev–Trinajstić information content (AvgIpc) is 3.37. The summed E-state index contributed by atoms with van der Waals surface area (Å²) in [6.45, 7) is 2.71. The molecule has 1 saturated heterocycles. The molecule has 1 aliphatic rings. The number of rotatable bonds is 4. The normalized spacial score (nSPS) is 14.8. The molecular formula is C21H21N5O2S. The lowest BCUT2D eigenvalue weighted by Crippen LogP contribution is -2.24. The van der Waals surface area contributed by atoms with Gasteiger partial charge in [0, 0.05) is 6.07 Å². The van der Waals surface area contributed by atoms with E-state index in [9.17, 15) is 4.79 Å². The van der Waals surface area contributed by atoms with Gasteiger partial charge in [-0.05, 0) is 62.4 Å². The summed E-state index contributed by atoms with van der Waals surface area (Å²) in [6, 6.07) is 14.9. The van der Waals surface area contributed by atoms with Crippen LogP contribution in [0, 0.1) is 4.77 Å². The molecule has 0 N–H and O–H groups in total. The monoisotopic (exact) mass is 407 g/mol. The zero-order valence-electron chi connectivity index (χ0n) is 16.1. The number of nitrogens with zero attached hydrogens (tertiary/aromatic N) is 5. The van der Waals surface area contributed by atoms with Gasteiger partial charge in [-0.2, -0.15) is 0 Å². The van der Waals surface area contributed by atoms with Gasteiger partial charge in [0.15, 0.2) is 0 Å². The molecule has 0 atom stereocenters. The molecule has 7 nitrogen and oxygen atoms in total. The van der Waals surface area contributed by atoms with Crippen molar-refractivity contribution in [1.29, 1.82) is 0 Å². The molecule has 8 heteroatoms. The lowest BCUT2D eigenvalue weighted by Gasteiger charge is -2.13. The summed E-state index contributed by atoms with van der Waals surface area (Å²) in [5.41, 5.74) is 1.33. The van der Waals surface area contributed by atoms with Crippen LogP contribution in [0.4, 0.5) is 0 Å². The number of methoxy groups -OCH3 is 1. The van der Waals surface area contributed by atoms with Gasteiger partial charge >= 0.3 is 0 Å². The summed E-state index contributed by atoms with van der Waals surface area (Å²) in [4.78, 5) is 15.8. The summed E-state index contributed by atoms with van der Waals surface area (Å²) in [6.07, 6.45) is 2.39. The molecule has 29 heavy (non-hydrogen) atoms. The zero-order chi connectivity index (χ0) is 20.0. The van der Waals surface area contributed by atoms with Crippen molar-refractivity contribution in [1.82, 2.24) is 23.6 Å². The number of aromatic nitrogens is 4. The van der Waals surface area contributed by atoms with Crippen molar-refractivity contribution in [2.24, 2.45) is 0 Å². The molecule has 0 radical (unpaired) electrons. The van der Waals surface area contributed by atoms with E-state index in [-0.39, 0.29) is 5.56 Å². The molecule has 4 aromatic rings. The predicted octanol–water partition coefficient (Wildman–Crippen LogP) is 3.23. The summed E-state index contributed by atoms with van der Waals surface area (Å²) in [5.74, 6) is 1.18. The molecular weight excluding hydrogens is 386 g/mol. The molecule has 1 fully saturated rings. The third kappa shape index (κ3) is 2.95. The highest BCUT2D eigenvalue weighted by Crippen LogP contribution is 2.21. The highest BCUT2D eigenvalue weighted by Gasteiger charge is 2.19. The van der Waals surface area contributed by atoms with Gasteiger partial charge in [0.25, 0.3) is 5.56 Å². The van der Waals surface area contributed by atoms with E-state index < -0.39 is 0 Å². The summed E-state index contributed by atoms with van der Waals surface area (Å²) < 4.78 is 11.3. The van der Waals surface area contributed by atoms with Crippen molar-refractivity contribution in [3.63, 3.8) is 0 Å². The van der Waals surface area contributed by atoms with Crippen LogP contribution >= 0.6 is 12.2 Å². The van der Waals surface area contributed by atoms with Gasteiger partial charge < -0.3 is 4.74 Å². The van der Waals surface area contributed by atoms with Crippen LogP contribution in [0.1, 0.15) is 12.8 Å². The molecule has 5 rings (SSSR count). The number of benzene rings is 2. The van der Waals surface area contributed by atoms with Crippen LogP contribution in [-0.4, -0.2) is 43.8 Å². The van der Waals surface area contributed by atoms with Crippen molar-refractivity contribution >= 4 is 28.9 Å². The van der Waals surface area contributed by atoms with Gasteiger partial charge in [-0.25, -0.2) is 9.25 Å². The number of para-hydroxylation sites is 1. The van der Waals surface area contributed by atoms with Gasteiger partial charge in [0.2, 0.25) is 10.5 Å². The minimum absolute atomic E-state index is 0.130. The fourth-order valence-electron chi connectivity index (χ4n) is 4.00. The summed E-state index contributed by atoms with van der Waals surface area (Å²) in [7, 11) is 1.61. The van der Waals surface area contributed by atoms with Gasteiger partial charge in [-0.15, -0.1) is 5.10 Å². The van der Waals surface area contributed by atoms with E-state index in [2.05, 4.69) is 4.90 Å². The van der Waals surface area contributed by atoms with Gasteiger partial charge in [-0.3, -0.25) is 14.1 Å². The van der Waals surface area contributed by atoms with E-state index in [1.165, 1.54) is 12.8 Å². The Balaban J connectivity index is 1.84. The second-order valence-corrected chi connectivity index (χ2v) is 7.61. The second kappa shape index (κ2) is 7.13. The molecule has 0 bridgehead atoms. The molecule has 148 valence electrons. The maximum absolute atomic E-state index is 13.4. The highest BCUT2D eigenvalue weighted by molar-refractivity contribution is 7.71. The van der Waals surface area contributed by atoms with Crippen LogP contribution in [0.2, 0.25) is 0 Å². The largest absolute Gasteiger partial charge is 0.497 e. The fraction of sp³-hybridized carbons (Fsp3) is 0.286. The third-order valence-electron chi connectivity index (χ3n) is 5.44. The topological polar surface area (TPSA) is 56.7 Å².